The van der Waals surface area contributed by atoms with Crippen molar-refractivity contribution in [2.45, 2.75) is 0 Å². The predicted molar refractivity (Wildman–Crippen MR) is 116 cm³/mol. The van der Waals surface area contributed by atoms with E-state index in [0.717, 1.165) is 33.2 Å². The minimum absolute atomic E-state index is 0.0786. The zero-order valence-electron chi connectivity index (χ0n) is 16.1. The van der Waals surface area contributed by atoms with Gasteiger partial charge in [0.2, 0.25) is 5.78 Å². The van der Waals surface area contributed by atoms with Crippen molar-refractivity contribution in [2.75, 3.05) is 14.2 Å². The molecule has 29 heavy (non-hydrogen) atoms. The fourth-order valence-electron chi connectivity index (χ4n) is 3.01. The summed E-state index contributed by atoms with van der Waals surface area (Å²) in [6, 6.07) is 24.7. The summed E-state index contributed by atoms with van der Waals surface area (Å²) in [6.07, 6.45) is 0. The zero-order chi connectivity index (χ0) is 20.2. The van der Waals surface area contributed by atoms with Crippen LogP contribution in [0.5, 0.6) is 11.5 Å². The van der Waals surface area contributed by atoms with Crippen molar-refractivity contribution in [2.24, 2.45) is 0 Å². The number of benzene rings is 3. The van der Waals surface area contributed by atoms with E-state index in [-0.39, 0.29) is 5.78 Å². The standard InChI is InChI=1S/C24H19NO3S/c1-27-19-12-8-16(9-13-19)21-23(18-10-14-20(28-2)15-11-18)29-24(25-21)22(26)17-6-4-3-5-7-17/h3-15H,1-2H3. The molecule has 0 fully saturated rings. The second-order valence-corrected chi connectivity index (χ2v) is 7.35. The van der Waals surface area contributed by atoms with Crippen molar-refractivity contribution in [3.63, 3.8) is 0 Å². The highest BCUT2D eigenvalue weighted by molar-refractivity contribution is 7.17. The largest absolute Gasteiger partial charge is 0.497 e. The van der Waals surface area contributed by atoms with Crippen LogP contribution in [0, 0.1) is 0 Å². The SMILES string of the molecule is COc1ccc(-c2nc(C(=O)c3ccccc3)sc2-c2ccc(OC)cc2)cc1. The maximum absolute atomic E-state index is 13.0. The second kappa shape index (κ2) is 8.29. The molecule has 0 N–H and O–H groups in total. The van der Waals surface area contributed by atoms with Crippen LogP contribution in [0.15, 0.2) is 78.9 Å². The zero-order valence-corrected chi connectivity index (χ0v) is 16.9. The molecule has 0 unspecified atom stereocenters. The molecule has 0 aliphatic rings. The summed E-state index contributed by atoms with van der Waals surface area (Å²) in [5, 5.41) is 0.466. The van der Waals surface area contributed by atoms with E-state index in [1.54, 1.807) is 14.2 Å². The van der Waals surface area contributed by atoms with Gasteiger partial charge in [0.1, 0.15) is 11.5 Å². The number of rotatable bonds is 6. The minimum atomic E-state index is -0.0786. The number of carbonyl (C=O) groups is 1. The van der Waals surface area contributed by atoms with Crippen LogP contribution in [0.2, 0.25) is 0 Å². The van der Waals surface area contributed by atoms with Gasteiger partial charge in [0.25, 0.3) is 0 Å². The van der Waals surface area contributed by atoms with Crippen molar-refractivity contribution in [3.8, 4) is 33.2 Å². The van der Waals surface area contributed by atoms with Gasteiger partial charge in [-0.1, -0.05) is 30.3 Å². The van der Waals surface area contributed by atoms with Crippen LogP contribution >= 0.6 is 11.3 Å². The van der Waals surface area contributed by atoms with E-state index >= 15 is 0 Å². The lowest BCUT2D eigenvalue weighted by Gasteiger charge is -2.05. The van der Waals surface area contributed by atoms with E-state index in [4.69, 9.17) is 14.5 Å². The number of hydrogen-bond acceptors (Lipinski definition) is 5. The highest BCUT2D eigenvalue weighted by Crippen LogP contribution is 2.38. The van der Waals surface area contributed by atoms with Crippen molar-refractivity contribution in [1.82, 2.24) is 4.98 Å². The highest BCUT2D eigenvalue weighted by Gasteiger charge is 2.20. The van der Waals surface area contributed by atoms with Gasteiger partial charge in [-0.2, -0.15) is 0 Å². The molecule has 144 valence electrons. The topological polar surface area (TPSA) is 48.4 Å². The van der Waals surface area contributed by atoms with E-state index in [0.29, 0.717) is 10.6 Å². The summed E-state index contributed by atoms with van der Waals surface area (Å²) in [5.41, 5.74) is 3.33. The first-order valence-corrected chi connectivity index (χ1v) is 9.90. The smallest absolute Gasteiger partial charge is 0.221 e. The average molecular weight is 401 g/mol. The van der Waals surface area contributed by atoms with Gasteiger partial charge in [0.05, 0.1) is 24.8 Å². The quantitative estimate of drug-likeness (QED) is 0.387. The van der Waals surface area contributed by atoms with Gasteiger partial charge in [0.15, 0.2) is 5.01 Å². The van der Waals surface area contributed by atoms with E-state index in [2.05, 4.69) is 0 Å². The fourth-order valence-corrected chi connectivity index (χ4v) is 4.07. The molecule has 3 aromatic carbocycles. The Labute approximate surface area is 173 Å². The third-order valence-electron chi connectivity index (χ3n) is 4.57. The molecule has 1 heterocycles. The van der Waals surface area contributed by atoms with Crippen molar-refractivity contribution >= 4 is 17.1 Å². The molecule has 0 saturated heterocycles. The van der Waals surface area contributed by atoms with Crippen LogP contribution in [-0.4, -0.2) is 25.0 Å². The molecule has 0 spiro atoms. The molecule has 0 radical (unpaired) electrons. The van der Waals surface area contributed by atoms with E-state index in [1.807, 2.05) is 78.9 Å². The van der Waals surface area contributed by atoms with Crippen LogP contribution in [-0.2, 0) is 0 Å². The van der Waals surface area contributed by atoms with Gasteiger partial charge < -0.3 is 9.47 Å². The monoisotopic (exact) mass is 401 g/mol. The number of ether oxygens (including phenoxy) is 2. The number of thiazole rings is 1. The van der Waals surface area contributed by atoms with Gasteiger partial charge in [-0.05, 0) is 54.1 Å². The molecule has 0 aliphatic carbocycles. The molecule has 0 amide bonds. The van der Waals surface area contributed by atoms with Gasteiger partial charge in [-0.25, -0.2) is 4.98 Å². The van der Waals surface area contributed by atoms with Crippen LogP contribution in [0.4, 0.5) is 0 Å². The van der Waals surface area contributed by atoms with E-state index in [9.17, 15) is 4.79 Å². The number of methoxy groups -OCH3 is 2. The van der Waals surface area contributed by atoms with Crippen LogP contribution in [0.3, 0.4) is 0 Å². The van der Waals surface area contributed by atoms with E-state index < -0.39 is 0 Å². The Kier molecular flexibility index (Phi) is 5.40. The summed E-state index contributed by atoms with van der Waals surface area (Å²) in [5.74, 6) is 1.48. The number of carbonyl (C=O) groups excluding carboxylic acids is 1. The number of ketones is 1. The number of nitrogens with zero attached hydrogens (tertiary/aromatic N) is 1. The molecule has 0 atom stereocenters. The maximum Gasteiger partial charge on any atom is 0.221 e. The summed E-state index contributed by atoms with van der Waals surface area (Å²) in [6.45, 7) is 0. The molecule has 1 aromatic heterocycles. The van der Waals surface area contributed by atoms with Crippen LogP contribution < -0.4 is 9.47 Å². The van der Waals surface area contributed by atoms with Crippen molar-refractivity contribution in [3.05, 3.63) is 89.4 Å². The Morgan fingerprint density at radius 3 is 1.86 bits per heavy atom. The Morgan fingerprint density at radius 1 is 0.759 bits per heavy atom. The predicted octanol–water partition coefficient (Wildman–Crippen LogP) is 5.73. The Bertz CT molecular complexity index is 1050. The molecule has 0 saturated carbocycles. The molecule has 0 bridgehead atoms. The van der Waals surface area contributed by atoms with Crippen molar-refractivity contribution < 1.29 is 14.3 Å². The Hall–Kier alpha value is -3.44. The molecule has 4 aromatic rings. The minimum Gasteiger partial charge on any atom is -0.497 e. The van der Waals surface area contributed by atoms with Gasteiger partial charge in [0, 0.05) is 11.1 Å². The summed E-state index contributed by atoms with van der Waals surface area (Å²) >= 11 is 1.40. The fraction of sp³-hybridized carbons (Fsp3) is 0.0833. The van der Waals surface area contributed by atoms with Gasteiger partial charge in [-0.15, -0.1) is 11.3 Å². The first-order chi connectivity index (χ1) is 14.2. The maximum atomic E-state index is 13.0. The molecule has 0 aliphatic heterocycles. The summed E-state index contributed by atoms with van der Waals surface area (Å²) in [4.78, 5) is 18.7. The summed E-state index contributed by atoms with van der Waals surface area (Å²) in [7, 11) is 3.28. The first kappa shape index (κ1) is 18.9. The lowest BCUT2D eigenvalue weighted by Crippen LogP contribution is -2.00. The summed E-state index contributed by atoms with van der Waals surface area (Å²) < 4.78 is 10.5. The van der Waals surface area contributed by atoms with Gasteiger partial charge in [-0.3, -0.25) is 4.79 Å². The average Bonchev–Trinajstić information content (AvgIpc) is 3.24. The lowest BCUT2D eigenvalue weighted by molar-refractivity contribution is 0.103. The number of aromatic nitrogens is 1. The van der Waals surface area contributed by atoms with Crippen LogP contribution in [0.25, 0.3) is 21.7 Å². The molecular formula is C24H19NO3S. The lowest BCUT2D eigenvalue weighted by atomic mass is 10.1. The third kappa shape index (κ3) is 3.91. The highest BCUT2D eigenvalue weighted by atomic mass is 32.1. The Balaban J connectivity index is 1.82. The Morgan fingerprint density at radius 2 is 1.31 bits per heavy atom. The van der Waals surface area contributed by atoms with E-state index in [1.165, 1.54) is 11.3 Å². The molecule has 5 heteroatoms. The van der Waals surface area contributed by atoms with Crippen molar-refractivity contribution in [1.29, 1.82) is 0 Å². The first-order valence-electron chi connectivity index (χ1n) is 9.09. The molecule has 4 nitrogen and oxygen atoms in total. The molecule has 4 rings (SSSR count). The van der Waals surface area contributed by atoms with Crippen LogP contribution in [0.1, 0.15) is 15.4 Å². The molecular weight excluding hydrogens is 382 g/mol. The second-order valence-electron chi connectivity index (χ2n) is 6.35. The number of hydrogen-bond donors (Lipinski definition) is 0. The normalized spacial score (nSPS) is 10.6. The third-order valence-corrected chi connectivity index (χ3v) is 5.68. The van der Waals surface area contributed by atoms with Gasteiger partial charge >= 0.3 is 0 Å².